The highest BCUT2D eigenvalue weighted by molar-refractivity contribution is 7.09. The summed E-state index contributed by atoms with van der Waals surface area (Å²) in [5.41, 5.74) is 1.48. The van der Waals surface area contributed by atoms with Gasteiger partial charge in [0.1, 0.15) is 0 Å². The molecule has 3 rings (SSSR count). The highest BCUT2D eigenvalue weighted by atomic mass is 32.1. The molecule has 1 unspecified atom stereocenters. The number of aromatic carboxylic acids is 1. The number of nitrogens with zero attached hydrogens (tertiary/aromatic N) is 1. The van der Waals surface area contributed by atoms with Crippen LogP contribution in [0.3, 0.4) is 0 Å². The van der Waals surface area contributed by atoms with Crippen LogP contribution in [0.1, 0.15) is 33.4 Å². The van der Waals surface area contributed by atoms with Gasteiger partial charge in [0, 0.05) is 30.5 Å². The molecule has 0 radical (unpaired) electrons. The molecule has 2 amide bonds. The van der Waals surface area contributed by atoms with Crippen molar-refractivity contribution in [1.82, 2.24) is 10.3 Å². The van der Waals surface area contributed by atoms with Crippen LogP contribution in [-0.4, -0.2) is 34.4 Å². The fraction of sp³-hybridized carbons (Fsp3) is 0.250. The molecule has 2 aromatic rings. The van der Waals surface area contributed by atoms with Crippen LogP contribution in [0.2, 0.25) is 0 Å². The van der Waals surface area contributed by atoms with E-state index in [2.05, 4.69) is 15.6 Å². The zero-order valence-corrected chi connectivity index (χ0v) is 13.4. The number of benzene rings is 1. The second kappa shape index (κ2) is 6.79. The van der Waals surface area contributed by atoms with Gasteiger partial charge < -0.3 is 15.7 Å². The van der Waals surface area contributed by atoms with E-state index in [1.165, 1.54) is 16.7 Å². The highest BCUT2D eigenvalue weighted by Crippen LogP contribution is 2.31. The van der Waals surface area contributed by atoms with Crippen LogP contribution in [0.5, 0.6) is 0 Å². The molecular weight excluding hydrogens is 330 g/mol. The van der Waals surface area contributed by atoms with E-state index in [-0.39, 0.29) is 23.9 Å². The SMILES string of the molecule is O=C1CC(C(=O)NCCc2nc(C(=O)O)cs2)c2ccccc2N1. The van der Waals surface area contributed by atoms with Crippen LogP contribution >= 0.6 is 11.3 Å². The summed E-state index contributed by atoms with van der Waals surface area (Å²) in [6.07, 6.45) is 0.563. The van der Waals surface area contributed by atoms with Crippen LogP contribution in [-0.2, 0) is 16.0 Å². The van der Waals surface area contributed by atoms with Gasteiger partial charge in [-0.3, -0.25) is 9.59 Å². The molecule has 1 atom stereocenters. The first kappa shape index (κ1) is 16.1. The van der Waals surface area contributed by atoms with Crippen molar-refractivity contribution in [1.29, 1.82) is 0 Å². The van der Waals surface area contributed by atoms with Crippen molar-refractivity contribution < 1.29 is 19.5 Å². The summed E-state index contributed by atoms with van der Waals surface area (Å²) >= 11 is 1.25. The van der Waals surface area contributed by atoms with Gasteiger partial charge in [0.05, 0.1) is 10.9 Å². The predicted octanol–water partition coefficient (Wildman–Crippen LogP) is 1.63. The van der Waals surface area contributed by atoms with Gasteiger partial charge in [-0.25, -0.2) is 9.78 Å². The number of amides is 2. The lowest BCUT2D eigenvalue weighted by Crippen LogP contribution is -2.35. The number of para-hydroxylation sites is 1. The maximum Gasteiger partial charge on any atom is 0.355 e. The van der Waals surface area contributed by atoms with E-state index in [4.69, 9.17) is 5.11 Å². The van der Waals surface area contributed by atoms with Gasteiger partial charge >= 0.3 is 5.97 Å². The zero-order valence-electron chi connectivity index (χ0n) is 12.6. The fourth-order valence-electron chi connectivity index (χ4n) is 2.58. The number of hydrogen-bond acceptors (Lipinski definition) is 5. The fourth-order valence-corrected chi connectivity index (χ4v) is 3.36. The monoisotopic (exact) mass is 345 g/mol. The Kier molecular flexibility index (Phi) is 4.57. The Hall–Kier alpha value is -2.74. The number of carboxylic acid groups (broad SMARTS) is 1. The number of hydrogen-bond donors (Lipinski definition) is 3. The van der Waals surface area contributed by atoms with Gasteiger partial charge in [0.25, 0.3) is 0 Å². The van der Waals surface area contributed by atoms with Gasteiger partial charge in [0.15, 0.2) is 5.69 Å². The minimum atomic E-state index is -1.06. The summed E-state index contributed by atoms with van der Waals surface area (Å²) in [5, 5.41) is 16.5. The van der Waals surface area contributed by atoms with E-state index in [1.807, 2.05) is 18.2 Å². The van der Waals surface area contributed by atoms with Gasteiger partial charge in [0.2, 0.25) is 11.8 Å². The normalized spacial score (nSPS) is 16.2. The standard InChI is InChI=1S/C16H15N3O4S/c20-13-7-10(9-3-1-2-4-11(9)18-13)15(21)17-6-5-14-19-12(8-24-14)16(22)23/h1-4,8,10H,5-7H2,(H,17,21)(H,18,20)(H,22,23). The molecule has 0 spiro atoms. The van der Waals surface area contributed by atoms with E-state index in [9.17, 15) is 14.4 Å². The Balaban J connectivity index is 1.61. The van der Waals surface area contributed by atoms with Crippen LogP contribution < -0.4 is 10.6 Å². The molecule has 2 heterocycles. The predicted molar refractivity (Wildman–Crippen MR) is 88.2 cm³/mol. The van der Waals surface area contributed by atoms with E-state index < -0.39 is 11.9 Å². The molecule has 0 fully saturated rings. The first-order chi connectivity index (χ1) is 11.5. The Morgan fingerprint density at radius 1 is 1.38 bits per heavy atom. The van der Waals surface area contributed by atoms with Crippen molar-refractivity contribution in [3.05, 3.63) is 45.9 Å². The molecule has 1 aromatic heterocycles. The number of aromatic nitrogens is 1. The molecule has 3 N–H and O–H groups in total. The van der Waals surface area contributed by atoms with Crippen molar-refractivity contribution in [3.63, 3.8) is 0 Å². The Labute approximate surface area is 141 Å². The van der Waals surface area contributed by atoms with Crippen LogP contribution in [0, 0.1) is 0 Å². The third-order valence-corrected chi connectivity index (χ3v) is 4.63. The summed E-state index contributed by atoms with van der Waals surface area (Å²) in [6.45, 7) is 0.339. The number of carboxylic acids is 1. The maximum atomic E-state index is 12.4. The van der Waals surface area contributed by atoms with Crippen molar-refractivity contribution in [3.8, 4) is 0 Å². The number of carbonyl (C=O) groups excluding carboxylic acids is 2. The topological polar surface area (TPSA) is 108 Å². The largest absolute Gasteiger partial charge is 0.476 e. The van der Waals surface area contributed by atoms with E-state index in [0.717, 1.165) is 5.56 Å². The lowest BCUT2D eigenvalue weighted by atomic mass is 9.90. The minimum absolute atomic E-state index is 0.0132. The third-order valence-electron chi connectivity index (χ3n) is 3.73. The number of rotatable bonds is 5. The quantitative estimate of drug-likeness (QED) is 0.763. The molecule has 0 saturated carbocycles. The lowest BCUT2D eigenvalue weighted by Gasteiger charge is -2.24. The first-order valence-electron chi connectivity index (χ1n) is 7.39. The van der Waals surface area contributed by atoms with Crippen molar-refractivity contribution in [2.45, 2.75) is 18.8 Å². The van der Waals surface area contributed by atoms with E-state index in [1.54, 1.807) is 6.07 Å². The molecule has 8 heteroatoms. The molecule has 0 aliphatic carbocycles. The Morgan fingerprint density at radius 2 is 2.17 bits per heavy atom. The highest BCUT2D eigenvalue weighted by Gasteiger charge is 2.30. The van der Waals surface area contributed by atoms with Crippen molar-refractivity contribution in [2.24, 2.45) is 0 Å². The van der Waals surface area contributed by atoms with Crippen LogP contribution in [0.4, 0.5) is 5.69 Å². The van der Waals surface area contributed by atoms with Gasteiger partial charge in [-0.05, 0) is 11.6 Å². The number of anilines is 1. The number of fused-ring (bicyclic) bond motifs is 1. The summed E-state index contributed by atoms with van der Waals surface area (Å²) in [7, 11) is 0. The van der Waals surface area contributed by atoms with E-state index in [0.29, 0.717) is 23.7 Å². The molecule has 124 valence electrons. The molecular formula is C16H15N3O4S. The molecule has 7 nitrogen and oxygen atoms in total. The van der Waals surface area contributed by atoms with Gasteiger partial charge in [-0.2, -0.15) is 0 Å². The van der Waals surface area contributed by atoms with Crippen LogP contribution in [0.25, 0.3) is 0 Å². The van der Waals surface area contributed by atoms with Crippen molar-refractivity contribution >= 4 is 34.8 Å². The van der Waals surface area contributed by atoms with Gasteiger partial charge in [-0.1, -0.05) is 18.2 Å². The third kappa shape index (κ3) is 3.43. The number of carbonyl (C=O) groups is 3. The first-order valence-corrected chi connectivity index (χ1v) is 8.26. The Morgan fingerprint density at radius 3 is 2.92 bits per heavy atom. The molecule has 1 aromatic carbocycles. The number of nitrogens with one attached hydrogen (secondary N) is 2. The second-order valence-corrected chi connectivity index (χ2v) is 6.31. The van der Waals surface area contributed by atoms with Crippen molar-refractivity contribution in [2.75, 3.05) is 11.9 Å². The molecule has 24 heavy (non-hydrogen) atoms. The van der Waals surface area contributed by atoms with E-state index >= 15 is 0 Å². The zero-order chi connectivity index (χ0) is 17.1. The smallest absolute Gasteiger partial charge is 0.355 e. The Bertz CT molecular complexity index is 802. The summed E-state index contributed by atoms with van der Waals surface area (Å²) in [5.74, 6) is -1.97. The van der Waals surface area contributed by atoms with Crippen LogP contribution in [0.15, 0.2) is 29.6 Å². The molecule has 1 aliphatic heterocycles. The number of thiazole rings is 1. The minimum Gasteiger partial charge on any atom is -0.476 e. The second-order valence-electron chi connectivity index (χ2n) is 5.36. The van der Waals surface area contributed by atoms with Gasteiger partial charge in [-0.15, -0.1) is 11.3 Å². The summed E-state index contributed by atoms with van der Waals surface area (Å²) < 4.78 is 0. The molecule has 0 saturated heterocycles. The molecule has 0 bridgehead atoms. The summed E-state index contributed by atoms with van der Waals surface area (Å²) in [6, 6.07) is 7.25. The lowest BCUT2D eigenvalue weighted by molar-refractivity contribution is -0.126. The molecule has 1 aliphatic rings. The average molecular weight is 345 g/mol. The average Bonchev–Trinajstić information content (AvgIpc) is 3.03. The summed E-state index contributed by atoms with van der Waals surface area (Å²) in [4.78, 5) is 38.9. The maximum absolute atomic E-state index is 12.4.